The molecule has 0 aromatic heterocycles. The lowest BCUT2D eigenvalue weighted by atomic mass is 9.99. The Bertz CT molecular complexity index is 614. The van der Waals surface area contributed by atoms with E-state index in [9.17, 15) is 35.9 Å². The summed E-state index contributed by atoms with van der Waals surface area (Å²) in [5.41, 5.74) is 0.225. The number of halogens is 6. The lowest BCUT2D eigenvalue weighted by molar-refractivity contribution is -0.215. The monoisotopic (exact) mass is 344 g/mol. The predicted molar refractivity (Wildman–Crippen MR) is 63.5 cm³/mol. The number of benzene rings is 1. The molecule has 0 radical (unpaired) electrons. The molecule has 1 rings (SSSR count). The molecule has 0 aliphatic heterocycles. The summed E-state index contributed by atoms with van der Waals surface area (Å²) < 4.78 is 78.8. The lowest BCUT2D eigenvalue weighted by Gasteiger charge is -2.28. The Morgan fingerprint density at radius 3 is 2.04 bits per heavy atom. The Balaban J connectivity index is 3.38. The van der Waals surface area contributed by atoms with Crippen LogP contribution < -0.4 is 11.1 Å². The molecule has 5 nitrogen and oxygen atoms in total. The Morgan fingerprint density at radius 2 is 1.61 bits per heavy atom. The maximum Gasteiger partial charge on any atom is 0.491 e. The van der Waals surface area contributed by atoms with E-state index in [0.717, 1.165) is 19.2 Å². The van der Waals surface area contributed by atoms with Crippen LogP contribution in [-0.4, -0.2) is 25.1 Å². The van der Waals surface area contributed by atoms with Crippen molar-refractivity contribution in [2.24, 2.45) is 5.73 Å². The maximum atomic E-state index is 12.7. The normalized spacial score (nSPS) is 14.8. The van der Waals surface area contributed by atoms with Gasteiger partial charge in [-0.3, -0.25) is 10.5 Å². The van der Waals surface area contributed by atoms with Crippen molar-refractivity contribution in [3.63, 3.8) is 0 Å². The van der Waals surface area contributed by atoms with Crippen molar-refractivity contribution in [2.45, 2.75) is 18.1 Å². The third-order valence-corrected chi connectivity index (χ3v) is 2.67. The Kier molecular flexibility index (Phi) is 4.94. The fraction of sp³-hybridized carbons (Fsp3) is 0.333. The van der Waals surface area contributed by atoms with Crippen LogP contribution in [0.15, 0.2) is 24.3 Å². The molecule has 23 heavy (non-hydrogen) atoms. The van der Waals surface area contributed by atoms with Crippen molar-refractivity contribution in [3.8, 4) is 0 Å². The summed E-state index contributed by atoms with van der Waals surface area (Å²) in [7, 11) is 0.957. The summed E-state index contributed by atoms with van der Waals surface area (Å²) >= 11 is 0. The van der Waals surface area contributed by atoms with Gasteiger partial charge in [0.15, 0.2) is 0 Å². The molecule has 1 unspecified atom stereocenters. The van der Waals surface area contributed by atoms with Crippen molar-refractivity contribution in [1.29, 1.82) is 0 Å². The highest BCUT2D eigenvalue weighted by Crippen LogP contribution is 2.33. The van der Waals surface area contributed by atoms with Gasteiger partial charge in [0, 0.05) is 12.6 Å². The van der Waals surface area contributed by atoms with E-state index >= 15 is 0 Å². The van der Waals surface area contributed by atoms with E-state index in [0.29, 0.717) is 12.1 Å². The molecular weight excluding hydrogens is 334 g/mol. The largest absolute Gasteiger partial charge is 0.491 e. The summed E-state index contributed by atoms with van der Waals surface area (Å²) in [6, 6.07) is 2.57. The average molecular weight is 344 g/mol. The quantitative estimate of drug-likeness (QED) is 0.497. The standard InChI is InChI=1S/C12H10F6N2O3/c1-20-8(21)10(19,23-9(22)12(16,17)18)6-3-2-4-7(5-6)11(13,14)15/h2-5H,19H2,1H3,(H,20,21). The minimum atomic E-state index is -5.49. The molecule has 1 aromatic rings. The maximum absolute atomic E-state index is 12.7. The average Bonchev–Trinajstić information content (AvgIpc) is 2.44. The van der Waals surface area contributed by atoms with E-state index in [1.165, 1.54) is 0 Å². The van der Waals surface area contributed by atoms with Crippen LogP contribution in [0, 0.1) is 0 Å². The van der Waals surface area contributed by atoms with Gasteiger partial charge in [-0.25, -0.2) is 4.79 Å². The van der Waals surface area contributed by atoms with Crippen LogP contribution in [-0.2, 0) is 26.2 Å². The third-order valence-electron chi connectivity index (χ3n) is 2.67. The molecule has 11 heteroatoms. The van der Waals surface area contributed by atoms with Crippen molar-refractivity contribution in [1.82, 2.24) is 5.32 Å². The number of hydrogen-bond donors (Lipinski definition) is 2. The van der Waals surface area contributed by atoms with E-state index in [-0.39, 0.29) is 0 Å². The first-order chi connectivity index (χ1) is 10.3. The van der Waals surface area contributed by atoms with Crippen LogP contribution in [0.4, 0.5) is 26.3 Å². The van der Waals surface area contributed by atoms with Gasteiger partial charge in [-0.1, -0.05) is 12.1 Å². The molecular formula is C12H10F6N2O3. The summed E-state index contributed by atoms with van der Waals surface area (Å²) in [5, 5.41) is 1.83. The first kappa shape index (κ1) is 18.7. The van der Waals surface area contributed by atoms with E-state index in [2.05, 4.69) is 4.74 Å². The van der Waals surface area contributed by atoms with Crippen LogP contribution in [0.1, 0.15) is 11.1 Å². The van der Waals surface area contributed by atoms with E-state index in [1.807, 2.05) is 5.32 Å². The second-order valence-electron chi connectivity index (χ2n) is 4.28. The molecule has 128 valence electrons. The molecule has 0 saturated heterocycles. The molecule has 1 aromatic carbocycles. The van der Waals surface area contributed by atoms with E-state index in [4.69, 9.17) is 5.73 Å². The van der Waals surface area contributed by atoms with E-state index in [1.54, 1.807) is 0 Å². The van der Waals surface area contributed by atoms with Gasteiger partial charge >= 0.3 is 18.3 Å². The van der Waals surface area contributed by atoms with Crippen LogP contribution in [0.5, 0.6) is 0 Å². The zero-order valence-corrected chi connectivity index (χ0v) is 11.4. The highest BCUT2D eigenvalue weighted by Gasteiger charge is 2.49. The van der Waals surface area contributed by atoms with Gasteiger partial charge in [0.25, 0.3) is 11.6 Å². The summed E-state index contributed by atoms with van der Waals surface area (Å²) in [4.78, 5) is 22.6. The molecule has 0 heterocycles. The summed E-state index contributed by atoms with van der Waals surface area (Å²) in [5.74, 6) is -4.25. The second kappa shape index (κ2) is 6.07. The van der Waals surface area contributed by atoms with Crippen molar-refractivity contribution in [2.75, 3.05) is 7.05 Å². The minimum Gasteiger partial charge on any atom is -0.423 e. The zero-order valence-electron chi connectivity index (χ0n) is 11.4. The summed E-state index contributed by atoms with van der Waals surface area (Å²) in [6.45, 7) is 0. The van der Waals surface area contributed by atoms with Crippen LogP contribution in [0.3, 0.4) is 0 Å². The Morgan fingerprint density at radius 1 is 1.09 bits per heavy atom. The van der Waals surface area contributed by atoms with Gasteiger partial charge in [-0.2, -0.15) is 26.3 Å². The molecule has 0 aliphatic carbocycles. The Hall–Kier alpha value is -2.30. The topological polar surface area (TPSA) is 81.4 Å². The van der Waals surface area contributed by atoms with Gasteiger partial charge in [0.1, 0.15) is 0 Å². The molecule has 0 aliphatic rings. The molecule has 1 atom stereocenters. The molecule has 0 saturated carbocycles. The van der Waals surface area contributed by atoms with Gasteiger partial charge in [0.05, 0.1) is 5.56 Å². The number of likely N-dealkylation sites (N-methyl/N-ethyl adjacent to an activating group) is 1. The number of hydrogen-bond acceptors (Lipinski definition) is 4. The second-order valence-corrected chi connectivity index (χ2v) is 4.28. The number of amides is 1. The van der Waals surface area contributed by atoms with Crippen LogP contribution >= 0.6 is 0 Å². The van der Waals surface area contributed by atoms with Gasteiger partial charge < -0.3 is 10.1 Å². The number of carbonyl (C=O) groups excluding carboxylic acids is 2. The molecule has 0 fully saturated rings. The zero-order chi connectivity index (χ0) is 18.1. The number of nitrogens with one attached hydrogen (secondary N) is 1. The first-order valence-electron chi connectivity index (χ1n) is 5.81. The van der Waals surface area contributed by atoms with Crippen LogP contribution in [0.2, 0.25) is 0 Å². The van der Waals surface area contributed by atoms with Gasteiger partial charge in [-0.05, 0) is 12.1 Å². The highest BCUT2D eigenvalue weighted by molar-refractivity contribution is 5.89. The molecule has 3 N–H and O–H groups in total. The van der Waals surface area contributed by atoms with Gasteiger partial charge in [0.2, 0.25) is 0 Å². The summed E-state index contributed by atoms with van der Waals surface area (Å²) in [6.07, 6.45) is -10.3. The minimum absolute atomic E-state index is 0.318. The fourth-order valence-electron chi connectivity index (χ4n) is 1.55. The molecule has 1 amide bonds. The van der Waals surface area contributed by atoms with Crippen LogP contribution in [0.25, 0.3) is 0 Å². The predicted octanol–water partition coefficient (Wildman–Crippen LogP) is 1.67. The SMILES string of the molecule is CNC(=O)C(N)(OC(=O)C(F)(F)F)c1cccc(C(F)(F)F)c1. The lowest BCUT2D eigenvalue weighted by Crippen LogP contribution is -2.55. The first-order valence-corrected chi connectivity index (χ1v) is 5.81. The number of carbonyl (C=O) groups is 2. The molecule has 0 spiro atoms. The molecule has 0 bridgehead atoms. The number of alkyl halides is 6. The highest BCUT2D eigenvalue weighted by atomic mass is 19.4. The van der Waals surface area contributed by atoms with Gasteiger partial charge in [-0.15, -0.1) is 0 Å². The van der Waals surface area contributed by atoms with Crippen molar-refractivity contribution >= 4 is 11.9 Å². The number of esters is 1. The fourth-order valence-corrected chi connectivity index (χ4v) is 1.55. The van der Waals surface area contributed by atoms with E-state index < -0.39 is 41.1 Å². The van der Waals surface area contributed by atoms with Crippen molar-refractivity contribution < 1.29 is 40.7 Å². The van der Waals surface area contributed by atoms with Crippen molar-refractivity contribution in [3.05, 3.63) is 35.4 Å². The Labute approximate surface area is 125 Å². The number of rotatable bonds is 3. The number of ether oxygens (including phenoxy) is 1. The third kappa shape index (κ3) is 4.12. The number of nitrogens with two attached hydrogens (primary N) is 1. The smallest absolute Gasteiger partial charge is 0.423 e.